The van der Waals surface area contributed by atoms with Crippen molar-refractivity contribution in [2.24, 2.45) is 11.8 Å². The fourth-order valence-electron chi connectivity index (χ4n) is 2.58. The van der Waals surface area contributed by atoms with Gasteiger partial charge in [0, 0.05) is 23.8 Å². The van der Waals surface area contributed by atoms with Crippen LogP contribution < -0.4 is 10.6 Å². The average molecular weight is 202 g/mol. The van der Waals surface area contributed by atoms with E-state index in [1.807, 2.05) is 29.2 Å². The highest BCUT2D eigenvalue weighted by Crippen LogP contribution is 2.42. The van der Waals surface area contributed by atoms with Gasteiger partial charge in [0.1, 0.15) is 0 Å². The molecule has 3 fully saturated rings. The lowest BCUT2D eigenvalue weighted by atomic mass is 9.70. The smallest absolute Gasteiger partial charge is 0.230 e. The summed E-state index contributed by atoms with van der Waals surface area (Å²) in [7, 11) is 0. The number of piperidine rings is 2. The molecule has 3 aliphatic rings. The molecule has 2 saturated heterocycles. The lowest BCUT2D eigenvalue weighted by molar-refractivity contribution is -0.129. The van der Waals surface area contributed by atoms with Crippen molar-refractivity contribution in [2.75, 3.05) is 17.2 Å². The quantitative estimate of drug-likeness (QED) is 0.704. The standard InChI is InChI=1S/C12H14N2O/c13-10-2-1-3-11(6-10)14-7-8-4-9(5-8)12(14)15/h1-3,6,8-9H,4-5,7,13H2. The van der Waals surface area contributed by atoms with Crippen LogP contribution in [-0.2, 0) is 4.79 Å². The van der Waals surface area contributed by atoms with Gasteiger partial charge in [0.25, 0.3) is 0 Å². The Bertz CT molecular complexity index is 410. The van der Waals surface area contributed by atoms with Crippen LogP contribution in [0.25, 0.3) is 0 Å². The van der Waals surface area contributed by atoms with Gasteiger partial charge in [0.05, 0.1) is 0 Å². The van der Waals surface area contributed by atoms with E-state index in [-0.39, 0.29) is 11.8 Å². The molecule has 15 heavy (non-hydrogen) atoms. The minimum atomic E-state index is 0.281. The second-order valence-electron chi connectivity index (χ2n) is 4.58. The topological polar surface area (TPSA) is 46.3 Å². The summed E-state index contributed by atoms with van der Waals surface area (Å²) in [6.45, 7) is 0.874. The maximum atomic E-state index is 12.0. The van der Waals surface area contributed by atoms with Gasteiger partial charge in [-0.05, 0) is 37.0 Å². The molecular formula is C12H14N2O. The lowest BCUT2D eigenvalue weighted by Crippen LogP contribution is -2.53. The zero-order valence-electron chi connectivity index (χ0n) is 8.52. The normalized spacial score (nSPS) is 28.8. The lowest BCUT2D eigenvalue weighted by Gasteiger charge is -2.46. The molecule has 0 atom stereocenters. The Morgan fingerprint density at radius 2 is 2.13 bits per heavy atom. The van der Waals surface area contributed by atoms with Gasteiger partial charge in [0.15, 0.2) is 0 Å². The van der Waals surface area contributed by atoms with Crippen LogP contribution >= 0.6 is 0 Å². The van der Waals surface area contributed by atoms with Crippen molar-refractivity contribution in [1.82, 2.24) is 0 Å². The highest BCUT2D eigenvalue weighted by molar-refractivity contribution is 5.97. The van der Waals surface area contributed by atoms with Crippen LogP contribution in [-0.4, -0.2) is 12.5 Å². The molecule has 1 aliphatic carbocycles. The Kier molecular flexibility index (Phi) is 1.75. The summed E-state index contributed by atoms with van der Waals surface area (Å²) in [5, 5.41) is 0. The van der Waals surface area contributed by atoms with Crippen LogP contribution in [0.2, 0.25) is 0 Å². The Labute approximate surface area is 88.9 Å². The minimum absolute atomic E-state index is 0.281. The van der Waals surface area contributed by atoms with Crippen molar-refractivity contribution in [1.29, 1.82) is 0 Å². The fourth-order valence-corrected chi connectivity index (χ4v) is 2.58. The molecule has 0 spiro atoms. The summed E-state index contributed by atoms with van der Waals surface area (Å²) >= 11 is 0. The summed E-state index contributed by atoms with van der Waals surface area (Å²) in [5.74, 6) is 1.28. The first-order chi connectivity index (χ1) is 7.24. The highest BCUT2D eigenvalue weighted by Gasteiger charge is 2.43. The summed E-state index contributed by atoms with van der Waals surface area (Å²) in [5.41, 5.74) is 7.39. The summed E-state index contributed by atoms with van der Waals surface area (Å²) < 4.78 is 0. The molecular weight excluding hydrogens is 188 g/mol. The number of carbonyl (C=O) groups excluding carboxylic acids is 1. The van der Waals surface area contributed by atoms with Gasteiger partial charge in [-0.15, -0.1) is 0 Å². The Morgan fingerprint density at radius 1 is 1.33 bits per heavy atom. The van der Waals surface area contributed by atoms with Crippen molar-refractivity contribution in [2.45, 2.75) is 12.8 Å². The van der Waals surface area contributed by atoms with Crippen LogP contribution in [0.15, 0.2) is 24.3 Å². The zero-order valence-corrected chi connectivity index (χ0v) is 8.52. The van der Waals surface area contributed by atoms with Crippen molar-refractivity contribution < 1.29 is 4.79 Å². The summed E-state index contributed by atoms with van der Waals surface area (Å²) in [6, 6.07) is 7.58. The summed E-state index contributed by atoms with van der Waals surface area (Å²) in [6.07, 6.45) is 2.19. The predicted octanol–water partition coefficient (Wildman–Crippen LogP) is 1.64. The summed E-state index contributed by atoms with van der Waals surface area (Å²) in [4.78, 5) is 13.8. The number of nitrogen functional groups attached to an aromatic ring is 1. The number of fused-ring (bicyclic) bond motifs is 2. The highest BCUT2D eigenvalue weighted by atomic mass is 16.2. The third kappa shape index (κ3) is 1.30. The molecule has 0 aromatic heterocycles. The third-order valence-corrected chi connectivity index (χ3v) is 3.47. The van der Waals surface area contributed by atoms with Gasteiger partial charge in [-0.3, -0.25) is 4.79 Å². The first-order valence-electron chi connectivity index (χ1n) is 5.41. The van der Waals surface area contributed by atoms with Gasteiger partial charge < -0.3 is 10.6 Å². The van der Waals surface area contributed by atoms with E-state index >= 15 is 0 Å². The molecule has 0 radical (unpaired) electrons. The van der Waals surface area contributed by atoms with Gasteiger partial charge in [0.2, 0.25) is 5.91 Å². The molecule has 4 rings (SSSR count). The molecule has 2 heterocycles. The minimum Gasteiger partial charge on any atom is -0.399 e. The molecule has 1 aromatic carbocycles. The average Bonchev–Trinajstić information content (AvgIpc) is 2.16. The Hall–Kier alpha value is -1.51. The molecule has 0 unspecified atom stereocenters. The molecule has 2 N–H and O–H groups in total. The van der Waals surface area contributed by atoms with Crippen LogP contribution in [0, 0.1) is 11.8 Å². The molecule has 78 valence electrons. The maximum Gasteiger partial charge on any atom is 0.230 e. The molecule has 2 aliphatic heterocycles. The van der Waals surface area contributed by atoms with E-state index < -0.39 is 0 Å². The number of anilines is 2. The first kappa shape index (κ1) is 8.77. The predicted molar refractivity (Wildman–Crippen MR) is 59.4 cm³/mol. The van der Waals surface area contributed by atoms with Crippen LogP contribution in [0.4, 0.5) is 11.4 Å². The number of carbonyl (C=O) groups is 1. The molecule has 1 aromatic rings. The second kappa shape index (κ2) is 2.99. The monoisotopic (exact) mass is 202 g/mol. The van der Waals surface area contributed by atoms with Crippen molar-refractivity contribution in [3.05, 3.63) is 24.3 Å². The molecule has 3 heteroatoms. The van der Waals surface area contributed by atoms with E-state index in [0.717, 1.165) is 30.8 Å². The second-order valence-corrected chi connectivity index (χ2v) is 4.58. The van der Waals surface area contributed by atoms with Crippen molar-refractivity contribution in [3.8, 4) is 0 Å². The number of rotatable bonds is 1. The molecule has 3 nitrogen and oxygen atoms in total. The number of nitrogens with zero attached hydrogens (tertiary/aromatic N) is 1. The number of hydrogen-bond donors (Lipinski definition) is 1. The molecule has 1 amide bonds. The van der Waals surface area contributed by atoms with Crippen molar-refractivity contribution in [3.63, 3.8) is 0 Å². The molecule has 1 saturated carbocycles. The Balaban J connectivity index is 1.91. The van der Waals surface area contributed by atoms with Gasteiger partial charge in [-0.2, -0.15) is 0 Å². The molecule has 2 bridgehead atoms. The van der Waals surface area contributed by atoms with E-state index in [9.17, 15) is 4.79 Å². The van der Waals surface area contributed by atoms with E-state index in [2.05, 4.69) is 0 Å². The van der Waals surface area contributed by atoms with E-state index in [4.69, 9.17) is 5.73 Å². The first-order valence-corrected chi connectivity index (χ1v) is 5.41. The van der Waals surface area contributed by atoms with Crippen molar-refractivity contribution >= 4 is 17.3 Å². The van der Waals surface area contributed by atoms with E-state index in [1.165, 1.54) is 0 Å². The van der Waals surface area contributed by atoms with Crippen LogP contribution in [0.1, 0.15) is 12.8 Å². The van der Waals surface area contributed by atoms with Crippen LogP contribution in [0.5, 0.6) is 0 Å². The number of nitrogens with two attached hydrogens (primary N) is 1. The van der Waals surface area contributed by atoms with Crippen LogP contribution in [0.3, 0.4) is 0 Å². The number of hydrogen-bond acceptors (Lipinski definition) is 2. The van der Waals surface area contributed by atoms with E-state index in [1.54, 1.807) is 0 Å². The number of benzene rings is 1. The van der Waals surface area contributed by atoms with E-state index in [0.29, 0.717) is 5.92 Å². The SMILES string of the molecule is Nc1cccc(N2CC3CC(C3)C2=O)c1. The third-order valence-electron chi connectivity index (χ3n) is 3.47. The number of amides is 1. The largest absolute Gasteiger partial charge is 0.399 e. The maximum absolute atomic E-state index is 12.0. The van der Waals surface area contributed by atoms with Gasteiger partial charge in [-0.25, -0.2) is 0 Å². The van der Waals surface area contributed by atoms with Gasteiger partial charge >= 0.3 is 0 Å². The Morgan fingerprint density at radius 3 is 2.80 bits per heavy atom. The fraction of sp³-hybridized carbons (Fsp3) is 0.417. The van der Waals surface area contributed by atoms with Gasteiger partial charge in [-0.1, -0.05) is 6.07 Å². The zero-order chi connectivity index (χ0) is 10.4.